The van der Waals surface area contributed by atoms with E-state index in [-0.39, 0.29) is 5.78 Å². The van der Waals surface area contributed by atoms with Crippen LogP contribution in [0.1, 0.15) is 21.1 Å². The van der Waals surface area contributed by atoms with E-state index in [1.54, 1.807) is 0 Å². The van der Waals surface area contributed by atoms with Crippen molar-refractivity contribution in [1.29, 1.82) is 0 Å². The molecule has 1 aromatic carbocycles. The topological polar surface area (TPSA) is 56.0 Å². The van der Waals surface area contributed by atoms with Gasteiger partial charge in [-0.1, -0.05) is 30.3 Å². The summed E-state index contributed by atoms with van der Waals surface area (Å²) in [7, 11) is 0. The zero-order valence-corrected chi connectivity index (χ0v) is 9.54. The molecule has 0 amide bonds. The fraction of sp³-hybridized carbons (Fsp3) is 0.167. The van der Waals surface area contributed by atoms with E-state index >= 15 is 0 Å². The van der Waals surface area contributed by atoms with E-state index in [1.165, 1.54) is 11.3 Å². The van der Waals surface area contributed by atoms with Crippen LogP contribution < -0.4 is 5.73 Å². The van der Waals surface area contributed by atoms with Crippen molar-refractivity contribution in [1.82, 2.24) is 4.98 Å². The number of hydrogen-bond acceptors (Lipinski definition) is 4. The molecule has 0 bridgehead atoms. The van der Waals surface area contributed by atoms with Crippen molar-refractivity contribution in [3.05, 3.63) is 52.0 Å². The summed E-state index contributed by atoms with van der Waals surface area (Å²) in [5, 5.41) is 2.38. The number of Topliss-reactive ketones (excluding diaryl/α,β-unsaturated/α-hetero) is 1. The number of benzene rings is 1. The molecule has 1 aromatic heterocycles. The fourth-order valence-corrected chi connectivity index (χ4v) is 2.16. The molecule has 2 rings (SSSR count). The summed E-state index contributed by atoms with van der Waals surface area (Å²) in [6, 6.07) is 9.67. The minimum atomic E-state index is 0.0518. The molecule has 2 aromatic rings. The van der Waals surface area contributed by atoms with Gasteiger partial charge in [-0.05, 0) is 5.56 Å². The van der Waals surface area contributed by atoms with E-state index in [0.29, 0.717) is 18.0 Å². The Morgan fingerprint density at radius 3 is 2.69 bits per heavy atom. The fourth-order valence-electron chi connectivity index (χ4n) is 1.39. The Kier molecular flexibility index (Phi) is 3.44. The maximum absolute atomic E-state index is 11.9. The Morgan fingerprint density at radius 2 is 2.06 bits per heavy atom. The third-order valence-electron chi connectivity index (χ3n) is 2.21. The maximum atomic E-state index is 11.9. The van der Waals surface area contributed by atoms with Gasteiger partial charge in [0, 0.05) is 18.3 Å². The lowest BCUT2D eigenvalue weighted by Gasteiger charge is -1.97. The molecule has 16 heavy (non-hydrogen) atoms. The number of carbonyl (C=O) groups is 1. The summed E-state index contributed by atoms with van der Waals surface area (Å²) in [4.78, 5) is 16.0. The Labute approximate surface area is 97.9 Å². The summed E-state index contributed by atoms with van der Waals surface area (Å²) in [5.74, 6) is 0.0518. The third-order valence-corrected chi connectivity index (χ3v) is 3.14. The molecule has 0 aliphatic rings. The third kappa shape index (κ3) is 2.53. The van der Waals surface area contributed by atoms with Crippen molar-refractivity contribution < 1.29 is 4.79 Å². The number of ketones is 1. The molecule has 0 saturated carbocycles. The summed E-state index contributed by atoms with van der Waals surface area (Å²) in [6.45, 7) is 0.384. The maximum Gasteiger partial charge on any atom is 0.195 e. The number of hydrogen-bond donors (Lipinski definition) is 1. The molecular formula is C12H12N2OS. The largest absolute Gasteiger partial charge is 0.325 e. The van der Waals surface area contributed by atoms with Gasteiger partial charge in [-0.2, -0.15) is 0 Å². The number of nitrogens with two attached hydrogens (primary N) is 1. The van der Waals surface area contributed by atoms with Gasteiger partial charge in [0.05, 0.1) is 5.69 Å². The average molecular weight is 232 g/mol. The van der Waals surface area contributed by atoms with Gasteiger partial charge < -0.3 is 5.73 Å². The van der Waals surface area contributed by atoms with E-state index in [1.807, 2.05) is 35.7 Å². The number of carbonyl (C=O) groups excluding carboxylic acids is 1. The molecular weight excluding hydrogens is 220 g/mol. The van der Waals surface area contributed by atoms with Gasteiger partial charge in [0.25, 0.3) is 0 Å². The van der Waals surface area contributed by atoms with E-state index in [9.17, 15) is 4.79 Å². The molecule has 0 unspecified atom stereocenters. The summed E-state index contributed by atoms with van der Waals surface area (Å²) < 4.78 is 0. The van der Waals surface area contributed by atoms with Crippen LogP contribution in [0.4, 0.5) is 0 Å². The quantitative estimate of drug-likeness (QED) is 0.820. The molecule has 0 spiro atoms. The first-order valence-electron chi connectivity index (χ1n) is 5.01. The molecule has 3 nitrogen and oxygen atoms in total. The average Bonchev–Trinajstić information content (AvgIpc) is 2.79. The number of rotatable bonds is 4. The number of aromatic nitrogens is 1. The van der Waals surface area contributed by atoms with E-state index in [2.05, 4.69) is 4.98 Å². The van der Waals surface area contributed by atoms with Gasteiger partial charge in [-0.15, -0.1) is 11.3 Å². The summed E-state index contributed by atoms with van der Waals surface area (Å²) >= 11 is 1.36. The van der Waals surface area contributed by atoms with Crippen LogP contribution in [0.2, 0.25) is 0 Å². The first-order valence-corrected chi connectivity index (χ1v) is 5.89. The predicted octanol–water partition coefficient (Wildman–Crippen LogP) is 2.03. The predicted molar refractivity (Wildman–Crippen MR) is 64.5 cm³/mol. The van der Waals surface area contributed by atoms with Crippen molar-refractivity contribution in [3.63, 3.8) is 0 Å². The summed E-state index contributed by atoms with van der Waals surface area (Å²) in [5.41, 5.74) is 7.24. The van der Waals surface area contributed by atoms with Crippen LogP contribution >= 0.6 is 11.3 Å². The van der Waals surface area contributed by atoms with Crippen molar-refractivity contribution in [3.8, 4) is 0 Å². The lowest BCUT2D eigenvalue weighted by atomic mass is 10.1. The van der Waals surface area contributed by atoms with Gasteiger partial charge >= 0.3 is 0 Å². The molecule has 2 N–H and O–H groups in total. The summed E-state index contributed by atoms with van der Waals surface area (Å²) in [6.07, 6.45) is 0.401. The second kappa shape index (κ2) is 5.01. The lowest BCUT2D eigenvalue weighted by Crippen LogP contribution is -2.04. The molecule has 0 saturated heterocycles. The Hall–Kier alpha value is -1.52. The highest BCUT2D eigenvalue weighted by atomic mass is 32.1. The molecule has 0 aliphatic carbocycles. The standard InChI is InChI=1S/C12H12N2OS/c13-7-10-8-16-12(14-10)11(15)6-9-4-2-1-3-5-9/h1-5,8H,6-7,13H2. The lowest BCUT2D eigenvalue weighted by molar-refractivity contribution is 0.0992. The highest BCUT2D eigenvalue weighted by Crippen LogP contribution is 2.12. The zero-order chi connectivity index (χ0) is 11.4. The zero-order valence-electron chi connectivity index (χ0n) is 8.72. The molecule has 0 aliphatic heterocycles. The second-order valence-electron chi connectivity index (χ2n) is 3.43. The van der Waals surface area contributed by atoms with Crippen molar-refractivity contribution in [2.45, 2.75) is 13.0 Å². The van der Waals surface area contributed by atoms with Crippen molar-refractivity contribution >= 4 is 17.1 Å². The normalized spacial score (nSPS) is 10.3. The Bertz CT molecular complexity index is 479. The van der Waals surface area contributed by atoms with Crippen LogP contribution in [0.15, 0.2) is 35.7 Å². The molecule has 0 fully saturated rings. The molecule has 82 valence electrons. The van der Waals surface area contributed by atoms with Crippen LogP contribution in [-0.2, 0) is 13.0 Å². The van der Waals surface area contributed by atoms with Crippen LogP contribution in [-0.4, -0.2) is 10.8 Å². The van der Waals surface area contributed by atoms with Crippen LogP contribution in [0.3, 0.4) is 0 Å². The number of thiazole rings is 1. The highest BCUT2D eigenvalue weighted by molar-refractivity contribution is 7.11. The van der Waals surface area contributed by atoms with Crippen molar-refractivity contribution in [2.24, 2.45) is 5.73 Å². The molecule has 1 heterocycles. The molecule has 4 heteroatoms. The van der Waals surface area contributed by atoms with Gasteiger partial charge in [0.15, 0.2) is 10.8 Å². The second-order valence-corrected chi connectivity index (χ2v) is 4.29. The molecule has 0 atom stereocenters. The minimum Gasteiger partial charge on any atom is -0.325 e. The van der Waals surface area contributed by atoms with Gasteiger partial charge in [-0.3, -0.25) is 4.79 Å². The van der Waals surface area contributed by atoms with Gasteiger partial charge in [0.2, 0.25) is 0 Å². The van der Waals surface area contributed by atoms with Crippen molar-refractivity contribution in [2.75, 3.05) is 0 Å². The van der Waals surface area contributed by atoms with Gasteiger partial charge in [-0.25, -0.2) is 4.98 Å². The first-order chi connectivity index (χ1) is 7.79. The van der Waals surface area contributed by atoms with Crippen LogP contribution in [0.5, 0.6) is 0 Å². The first kappa shape index (κ1) is 11.0. The van der Waals surface area contributed by atoms with Gasteiger partial charge in [0.1, 0.15) is 0 Å². The van der Waals surface area contributed by atoms with Crippen LogP contribution in [0.25, 0.3) is 0 Å². The Balaban J connectivity index is 2.09. The molecule has 0 radical (unpaired) electrons. The highest BCUT2D eigenvalue weighted by Gasteiger charge is 2.11. The smallest absolute Gasteiger partial charge is 0.195 e. The monoisotopic (exact) mass is 232 g/mol. The Morgan fingerprint density at radius 1 is 1.31 bits per heavy atom. The SMILES string of the molecule is NCc1csc(C(=O)Cc2ccccc2)n1. The number of nitrogens with zero attached hydrogens (tertiary/aromatic N) is 1. The van der Waals surface area contributed by atoms with E-state index < -0.39 is 0 Å². The van der Waals surface area contributed by atoms with E-state index in [0.717, 1.165) is 11.3 Å². The van der Waals surface area contributed by atoms with Crippen LogP contribution in [0, 0.1) is 0 Å². The van der Waals surface area contributed by atoms with E-state index in [4.69, 9.17) is 5.73 Å². The minimum absolute atomic E-state index is 0.0518.